The lowest BCUT2D eigenvalue weighted by Crippen LogP contribution is -2.36. The fourth-order valence-electron chi connectivity index (χ4n) is 5.16. The maximum atomic E-state index is 14.3. The van der Waals surface area contributed by atoms with E-state index in [4.69, 9.17) is 4.74 Å². The largest absolute Gasteiger partial charge is 0.508 e. The normalized spacial score (nSPS) is 23.0. The van der Waals surface area contributed by atoms with Crippen molar-refractivity contribution >= 4 is 23.4 Å². The van der Waals surface area contributed by atoms with Gasteiger partial charge < -0.3 is 25.8 Å². The van der Waals surface area contributed by atoms with Gasteiger partial charge >= 0.3 is 12.2 Å². The number of rotatable bonds is 5. The molecule has 2 heterocycles. The number of amides is 3. The van der Waals surface area contributed by atoms with E-state index < -0.39 is 34.8 Å². The van der Waals surface area contributed by atoms with Crippen molar-refractivity contribution in [2.45, 2.75) is 36.9 Å². The number of phenolic OH excluding ortho intramolecular Hbond substituents is 1. The number of benzene rings is 2. The highest BCUT2D eigenvalue weighted by Crippen LogP contribution is 2.77. The van der Waals surface area contributed by atoms with Crippen LogP contribution in [-0.4, -0.2) is 27.6 Å². The Hall–Kier alpha value is -4.35. The number of nitrogens with one attached hydrogen (secondary N) is 3. The summed E-state index contributed by atoms with van der Waals surface area (Å²) in [6.45, 7) is 0. The second-order valence-electron chi connectivity index (χ2n) is 9.58. The number of carbonyl (C=O) groups is 2. The fourth-order valence-corrected chi connectivity index (χ4v) is 5.16. The predicted molar refractivity (Wildman–Crippen MR) is 127 cm³/mol. The molecule has 2 saturated carbocycles. The fraction of sp³-hybridized carbons (Fsp3) is 0.269. The molecule has 38 heavy (non-hydrogen) atoms. The molecule has 6 rings (SSSR count). The summed E-state index contributed by atoms with van der Waals surface area (Å²) in [5.41, 5.74) is -1.44. The first kappa shape index (κ1) is 24.0. The molecular formula is C26H20F4N4O4. The lowest BCUT2D eigenvalue weighted by molar-refractivity contribution is -0.139. The van der Waals surface area contributed by atoms with Crippen LogP contribution in [-0.2, 0) is 17.4 Å². The number of anilines is 2. The van der Waals surface area contributed by atoms with Crippen LogP contribution >= 0.6 is 0 Å². The molecule has 2 fully saturated rings. The third kappa shape index (κ3) is 4.05. The maximum absolute atomic E-state index is 14.3. The first-order valence-corrected chi connectivity index (χ1v) is 11.8. The predicted octanol–water partition coefficient (Wildman–Crippen LogP) is 5.30. The number of alkyl halides is 3. The summed E-state index contributed by atoms with van der Waals surface area (Å²) >= 11 is 0. The average molecular weight is 528 g/mol. The van der Waals surface area contributed by atoms with Gasteiger partial charge in [-0.15, -0.1) is 0 Å². The molecule has 3 atom stereocenters. The van der Waals surface area contributed by atoms with Gasteiger partial charge in [0.25, 0.3) is 0 Å². The first-order valence-electron chi connectivity index (χ1n) is 11.8. The Morgan fingerprint density at radius 3 is 2.76 bits per heavy atom. The van der Waals surface area contributed by atoms with Gasteiger partial charge in [0.1, 0.15) is 23.1 Å². The molecule has 0 saturated heterocycles. The Labute approximate surface area is 213 Å². The number of urea groups is 1. The Kier molecular flexibility index (Phi) is 5.27. The van der Waals surface area contributed by atoms with Crippen molar-refractivity contribution < 1.29 is 37.0 Å². The molecule has 3 aromatic rings. The van der Waals surface area contributed by atoms with Gasteiger partial charge in [-0.1, -0.05) is 6.07 Å². The van der Waals surface area contributed by atoms with E-state index in [1.54, 1.807) is 18.2 Å². The van der Waals surface area contributed by atoms with Crippen molar-refractivity contribution in [3.05, 3.63) is 71.2 Å². The number of nitrogens with zero attached hydrogens (tertiary/aromatic N) is 1. The summed E-state index contributed by atoms with van der Waals surface area (Å²) in [4.78, 5) is 28.4. The van der Waals surface area contributed by atoms with Gasteiger partial charge in [-0.2, -0.15) is 13.2 Å². The lowest BCUT2D eigenvalue weighted by Gasteiger charge is -2.20. The zero-order chi connectivity index (χ0) is 26.8. The van der Waals surface area contributed by atoms with E-state index in [9.17, 15) is 32.3 Å². The molecular weight excluding hydrogens is 508 g/mol. The molecule has 3 aliphatic rings. The molecule has 2 aromatic carbocycles. The molecule has 0 spiro atoms. The minimum Gasteiger partial charge on any atom is -0.508 e. The van der Waals surface area contributed by atoms with Crippen LogP contribution < -0.4 is 20.7 Å². The highest BCUT2D eigenvalue weighted by atomic mass is 19.4. The van der Waals surface area contributed by atoms with Crippen molar-refractivity contribution in [3.63, 3.8) is 0 Å². The molecule has 3 amide bonds. The topological polar surface area (TPSA) is 113 Å². The van der Waals surface area contributed by atoms with Crippen molar-refractivity contribution in [3.8, 4) is 17.2 Å². The molecule has 0 bridgehead atoms. The Bertz CT molecular complexity index is 1490. The molecule has 0 radical (unpaired) electrons. The molecule has 4 N–H and O–H groups in total. The van der Waals surface area contributed by atoms with Gasteiger partial charge in [0.05, 0.1) is 16.8 Å². The molecule has 196 valence electrons. The zero-order valence-electron chi connectivity index (χ0n) is 19.5. The van der Waals surface area contributed by atoms with E-state index >= 15 is 0 Å². The lowest BCUT2D eigenvalue weighted by atomic mass is 9.99. The Morgan fingerprint density at radius 1 is 1.18 bits per heavy atom. The van der Waals surface area contributed by atoms with E-state index in [-0.39, 0.29) is 23.5 Å². The number of ether oxygens (including phenoxy) is 1. The number of halogens is 4. The summed E-state index contributed by atoms with van der Waals surface area (Å²) in [6, 6.07) is 8.22. The summed E-state index contributed by atoms with van der Waals surface area (Å²) in [5.74, 6) is -0.523. The zero-order valence-corrected chi connectivity index (χ0v) is 19.5. The number of phenols is 1. The Balaban J connectivity index is 1.16. The van der Waals surface area contributed by atoms with Crippen LogP contribution in [0.1, 0.15) is 35.4 Å². The number of fused-ring (bicyclic) bond motifs is 2. The minimum absolute atomic E-state index is 0.00377. The van der Waals surface area contributed by atoms with Gasteiger partial charge in [0.15, 0.2) is 5.82 Å². The first-order chi connectivity index (χ1) is 18.1. The van der Waals surface area contributed by atoms with E-state index in [0.29, 0.717) is 48.2 Å². The number of pyridine rings is 1. The number of aromatic nitrogens is 1. The second kappa shape index (κ2) is 8.33. The van der Waals surface area contributed by atoms with Gasteiger partial charge in [0, 0.05) is 29.7 Å². The van der Waals surface area contributed by atoms with Gasteiger partial charge in [0.2, 0.25) is 5.91 Å². The molecule has 12 heteroatoms. The summed E-state index contributed by atoms with van der Waals surface area (Å²) < 4.78 is 59.3. The molecule has 8 nitrogen and oxygen atoms in total. The molecule has 1 aromatic heterocycles. The van der Waals surface area contributed by atoms with Crippen molar-refractivity contribution in [2.24, 2.45) is 5.92 Å². The highest BCUT2D eigenvalue weighted by molar-refractivity contribution is 5.93. The average Bonchev–Trinajstić information content (AvgIpc) is 3.71. The second-order valence-corrected chi connectivity index (χ2v) is 9.58. The van der Waals surface area contributed by atoms with Crippen molar-refractivity contribution in [2.75, 3.05) is 10.6 Å². The third-order valence-electron chi connectivity index (χ3n) is 7.24. The van der Waals surface area contributed by atoms with Crippen LogP contribution in [0.4, 0.5) is 33.9 Å². The molecule has 0 unspecified atom stereocenters. The molecule has 2 aliphatic carbocycles. The molecule has 1 aliphatic heterocycles. The van der Waals surface area contributed by atoms with Gasteiger partial charge in [-0.25, -0.2) is 14.2 Å². The minimum atomic E-state index is -4.89. The number of hydrogen-bond acceptors (Lipinski definition) is 5. The van der Waals surface area contributed by atoms with Crippen LogP contribution in [0.2, 0.25) is 0 Å². The third-order valence-corrected chi connectivity index (χ3v) is 7.24. The smallest absolute Gasteiger partial charge is 0.419 e. The van der Waals surface area contributed by atoms with Crippen molar-refractivity contribution in [1.29, 1.82) is 0 Å². The maximum Gasteiger partial charge on any atom is 0.419 e. The number of aromatic hydroxyl groups is 1. The summed E-state index contributed by atoms with van der Waals surface area (Å²) in [6.07, 6.45) is -2.00. The van der Waals surface area contributed by atoms with Gasteiger partial charge in [-0.05, 0) is 55.2 Å². The monoisotopic (exact) mass is 528 g/mol. The number of carbonyl (C=O) groups excluding carboxylic acids is 2. The van der Waals surface area contributed by atoms with Crippen molar-refractivity contribution in [1.82, 2.24) is 10.3 Å². The van der Waals surface area contributed by atoms with Crippen LogP contribution in [0.5, 0.6) is 17.2 Å². The van der Waals surface area contributed by atoms with Crippen LogP contribution in [0, 0.1) is 11.7 Å². The quantitative estimate of drug-likeness (QED) is 0.336. The highest BCUT2D eigenvalue weighted by Gasteiger charge is 2.80. The van der Waals surface area contributed by atoms with E-state index in [1.807, 2.05) is 0 Å². The van der Waals surface area contributed by atoms with E-state index in [1.165, 1.54) is 12.3 Å². The van der Waals surface area contributed by atoms with Gasteiger partial charge in [-0.3, -0.25) is 4.79 Å². The van der Waals surface area contributed by atoms with E-state index in [0.717, 1.165) is 17.7 Å². The SMILES string of the molecule is O=C1CCc2c(Oc3ccc(O)c([C@@H]4[C@@H]5C[C@@]45NC(=O)Nc4cccc(C(F)(F)F)c4F)c3)ccnc2N1. The van der Waals surface area contributed by atoms with Crippen LogP contribution in [0.15, 0.2) is 48.7 Å². The standard InChI is InChI=1S/C26H20F4N4O4/c27-22-15(26(28,29)30)2-1-3-17(22)32-24(37)34-25-11-16(25)21(25)14-10-12(4-6-18(14)35)38-19-8-9-31-23-13(19)5-7-20(36)33-23/h1-4,6,8-10,16,21,35H,5,7,11H2,(H,31,33,36)(H2,32,34,37)/t16-,21+,25-/m0/s1. The summed E-state index contributed by atoms with van der Waals surface area (Å²) in [7, 11) is 0. The summed E-state index contributed by atoms with van der Waals surface area (Å²) in [5, 5.41) is 18.1. The van der Waals surface area contributed by atoms with E-state index in [2.05, 4.69) is 20.9 Å². The van der Waals surface area contributed by atoms with Crippen LogP contribution in [0.25, 0.3) is 0 Å². The number of hydrogen-bond donors (Lipinski definition) is 4. The van der Waals surface area contributed by atoms with Crippen LogP contribution in [0.3, 0.4) is 0 Å². The Morgan fingerprint density at radius 2 is 2.00 bits per heavy atom.